The molecule has 8 atom stereocenters. The van der Waals surface area contributed by atoms with Crippen LogP contribution in [0.25, 0.3) is 0 Å². The molecule has 12 nitrogen and oxygen atoms in total. The Balaban J connectivity index is 1.74. The van der Waals surface area contributed by atoms with Gasteiger partial charge >= 0.3 is 0 Å². The second kappa shape index (κ2) is 11.2. The molecule has 0 spiro atoms. The average Bonchev–Trinajstić information content (AvgIpc) is 2.92. The van der Waals surface area contributed by atoms with Gasteiger partial charge in [-0.1, -0.05) is 6.07 Å². The summed E-state index contributed by atoms with van der Waals surface area (Å²) < 4.78 is 21.9. The quantitative estimate of drug-likeness (QED) is 0.196. The van der Waals surface area contributed by atoms with Crippen molar-refractivity contribution in [1.82, 2.24) is 0 Å². The van der Waals surface area contributed by atoms with E-state index in [2.05, 4.69) is 0 Å². The van der Waals surface area contributed by atoms with Crippen LogP contribution in [0, 0.1) is 5.92 Å². The lowest BCUT2D eigenvalue weighted by Gasteiger charge is -2.44. The third kappa shape index (κ3) is 4.90. The maximum Gasteiger partial charge on any atom is 0.229 e. The number of aliphatic hydroxyl groups is 7. The molecule has 1 aliphatic heterocycles. The van der Waals surface area contributed by atoms with Crippen LogP contribution < -0.4 is 14.2 Å². The van der Waals surface area contributed by atoms with E-state index >= 15 is 0 Å². The summed E-state index contributed by atoms with van der Waals surface area (Å²) in [5, 5.41) is 81.8. The molecule has 0 amide bonds. The normalized spacial score (nSPS) is 32.9. The summed E-state index contributed by atoms with van der Waals surface area (Å²) in [6.45, 7) is -1.70. The Morgan fingerprint density at radius 1 is 0.895 bits per heavy atom. The number of methoxy groups -OCH3 is 2. The van der Waals surface area contributed by atoms with Crippen LogP contribution in [0.2, 0.25) is 0 Å². The molecular weight excluding hydrogens is 504 g/mol. The molecule has 0 radical (unpaired) electrons. The highest BCUT2D eigenvalue weighted by Crippen LogP contribution is 2.49. The molecule has 2 aliphatic rings. The number of hydrogen-bond donors (Lipinski definition) is 8. The summed E-state index contributed by atoms with van der Waals surface area (Å²) in [4.78, 5) is 0. The zero-order valence-electron chi connectivity index (χ0n) is 21.0. The van der Waals surface area contributed by atoms with Crippen molar-refractivity contribution in [2.45, 2.75) is 48.6 Å². The molecule has 4 rings (SSSR count). The largest absolute Gasteiger partial charge is 0.504 e. The van der Waals surface area contributed by atoms with Crippen molar-refractivity contribution < 1.29 is 59.8 Å². The Hall–Kier alpha value is -2.68. The highest BCUT2D eigenvalue weighted by Gasteiger charge is 2.48. The van der Waals surface area contributed by atoms with Gasteiger partial charge < -0.3 is 59.8 Å². The first-order valence-electron chi connectivity index (χ1n) is 12.1. The zero-order chi connectivity index (χ0) is 27.8. The van der Waals surface area contributed by atoms with Gasteiger partial charge in [0, 0.05) is 24.9 Å². The van der Waals surface area contributed by atoms with E-state index < -0.39 is 68.0 Å². The smallest absolute Gasteiger partial charge is 0.229 e. The van der Waals surface area contributed by atoms with Gasteiger partial charge in [-0.15, -0.1) is 0 Å². The van der Waals surface area contributed by atoms with Crippen LogP contribution in [-0.2, 0) is 11.2 Å². The molecule has 2 aromatic rings. The average molecular weight is 539 g/mol. The molecule has 0 saturated carbocycles. The number of aromatic hydroxyl groups is 1. The maximum atomic E-state index is 11.3. The van der Waals surface area contributed by atoms with E-state index in [9.17, 15) is 40.9 Å². The lowest BCUT2D eigenvalue weighted by atomic mass is 9.64. The van der Waals surface area contributed by atoms with Crippen LogP contribution in [0.3, 0.4) is 0 Å². The maximum absolute atomic E-state index is 11.3. The SMILES string of the molecule is COc1cc2c(cc1O)C[C@](O)(CO)[C@H](CO)[C@H]2c1ccc(O[C@@H]2O[C@@H](CO)[C@@H](O)[C@@H](O)[C@H]2O)c(OC)c1. The van der Waals surface area contributed by atoms with E-state index in [1.165, 1.54) is 26.4 Å². The summed E-state index contributed by atoms with van der Waals surface area (Å²) >= 11 is 0. The lowest BCUT2D eigenvalue weighted by molar-refractivity contribution is -0.277. The van der Waals surface area contributed by atoms with Crippen molar-refractivity contribution >= 4 is 0 Å². The molecule has 1 saturated heterocycles. The molecule has 1 aliphatic carbocycles. The molecule has 0 aromatic heterocycles. The van der Waals surface area contributed by atoms with Crippen LogP contribution >= 0.6 is 0 Å². The van der Waals surface area contributed by atoms with Crippen molar-refractivity contribution in [3.05, 3.63) is 47.0 Å². The Kier molecular flexibility index (Phi) is 8.35. The third-order valence-electron chi connectivity index (χ3n) is 7.47. The molecular formula is C26H34O12. The second-order valence-corrected chi connectivity index (χ2v) is 9.65. The Bertz CT molecular complexity index is 1120. The molecule has 210 valence electrons. The van der Waals surface area contributed by atoms with Gasteiger partial charge in [-0.05, 0) is 41.0 Å². The molecule has 1 heterocycles. The zero-order valence-corrected chi connectivity index (χ0v) is 21.0. The van der Waals surface area contributed by atoms with Crippen molar-refractivity contribution in [3.63, 3.8) is 0 Å². The molecule has 0 bridgehead atoms. The third-order valence-corrected chi connectivity index (χ3v) is 7.47. The van der Waals surface area contributed by atoms with Crippen LogP contribution in [-0.4, -0.2) is 111 Å². The molecule has 12 heteroatoms. The monoisotopic (exact) mass is 538 g/mol. The van der Waals surface area contributed by atoms with E-state index in [0.29, 0.717) is 16.7 Å². The fourth-order valence-corrected chi connectivity index (χ4v) is 5.35. The Labute approximate surface area is 218 Å². The Morgan fingerprint density at radius 2 is 1.61 bits per heavy atom. The van der Waals surface area contributed by atoms with Gasteiger partial charge in [0.05, 0.1) is 33.0 Å². The molecule has 8 N–H and O–H groups in total. The van der Waals surface area contributed by atoms with Gasteiger partial charge in [-0.25, -0.2) is 0 Å². The number of benzene rings is 2. The van der Waals surface area contributed by atoms with Crippen LogP contribution in [0.5, 0.6) is 23.0 Å². The minimum atomic E-state index is -1.69. The first kappa shape index (κ1) is 28.3. The molecule has 38 heavy (non-hydrogen) atoms. The van der Waals surface area contributed by atoms with E-state index in [0.717, 1.165) is 0 Å². The molecule has 0 unspecified atom stereocenters. The van der Waals surface area contributed by atoms with E-state index in [-0.39, 0.29) is 29.4 Å². The first-order valence-corrected chi connectivity index (χ1v) is 12.1. The predicted molar refractivity (Wildman–Crippen MR) is 130 cm³/mol. The highest BCUT2D eigenvalue weighted by atomic mass is 16.7. The molecule has 1 fully saturated rings. The Morgan fingerprint density at radius 3 is 2.21 bits per heavy atom. The summed E-state index contributed by atoms with van der Waals surface area (Å²) in [6, 6.07) is 7.83. The fraction of sp³-hybridized carbons (Fsp3) is 0.538. The first-order chi connectivity index (χ1) is 18.1. The number of aliphatic hydroxyl groups excluding tert-OH is 6. The summed E-state index contributed by atoms with van der Waals surface area (Å²) in [6.07, 6.45) is -7.38. The van der Waals surface area contributed by atoms with E-state index in [4.69, 9.17) is 18.9 Å². The van der Waals surface area contributed by atoms with Crippen LogP contribution in [0.4, 0.5) is 0 Å². The summed E-state index contributed by atoms with van der Waals surface area (Å²) in [5.74, 6) is -1.13. The van der Waals surface area contributed by atoms with Crippen molar-refractivity contribution in [3.8, 4) is 23.0 Å². The minimum absolute atomic E-state index is 0.00640. The van der Waals surface area contributed by atoms with Crippen LogP contribution in [0.15, 0.2) is 30.3 Å². The van der Waals surface area contributed by atoms with E-state index in [1.807, 2.05) is 0 Å². The number of fused-ring (bicyclic) bond motifs is 1. The number of ether oxygens (including phenoxy) is 4. The topological polar surface area (TPSA) is 199 Å². The lowest BCUT2D eigenvalue weighted by Crippen LogP contribution is -2.60. The highest BCUT2D eigenvalue weighted by molar-refractivity contribution is 5.54. The second-order valence-electron chi connectivity index (χ2n) is 9.65. The number of hydrogen-bond acceptors (Lipinski definition) is 12. The fourth-order valence-electron chi connectivity index (χ4n) is 5.35. The van der Waals surface area contributed by atoms with Gasteiger partial charge in [0.25, 0.3) is 0 Å². The predicted octanol–water partition coefficient (Wildman–Crippen LogP) is -1.39. The van der Waals surface area contributed by atoms with E-state index in [1.54, 1.807) is 18.2 Å². The van der Waals surface area contributed by atoms with Gasteiger partial charge in [0.1, 0.15) is 24.4 Å². The molecule has 2 aromatic carbocycles. The van der Waals surface area contributed by atoms with Gasteiger partial charge in [-0.3, -0.25) is 0 Å². The summed E-state index contributed by atoms with van der Waals surface area (Å²) in [5.41, 5.74) is 0.117. The number of phenols is 1. The standard InChI is InChI=1S/C26H34O12/c1-35-18-7-14-13(5-16(18)30)8-26(34,11-29)15(9-27)21(14)12-3-4-17(19(6-12)36-2)37-25-24(33)23(32)22(31)20(10-28)38-25/h3-7,15,20-25,27-34H,8-11H2,1-2H3/t15-,20+,21+,22-,23-,24-,25-,26+/m1/s1. The van der Waals surface area contributed by atoms with Gasteiger partial charge in [0.15, 0.2) is 23.0 Å². The minimum Gasteiger partial charge on any atom is -0.504 e. The van der Waals surface area contributed by atoms with Crippen molar-refractivity contribution in [2.75, 3.05) is 34.0 Å². The number of rotatable bonds is 8. The van der Waals surface area contributed by atoms with Crippen LogP contribution in [0.1, 0.15) is 22.6 Å². The van der Waals surface area contributed by atoms with Gasteiger partial charge in [-0.2, -0.15) is 0 Å². The van der Waals surface area contributed by atoms with Crippen molar-refractivity contribution in [1.29, 1.82) is 0 Å². The number of phenolic OH excluding ortho intramolecular Hbond substituents is 1. The van der Waals surface area contributed by atoms with Crippen molar-refractivity contribution in [2.24, 2.45) is 5.92 Å². The van der Waals surface area contributed by atoms with Gasteiger partial charge in [0.2, 0.25) is 6.29 Å². The summed E-state index contributed by atoms with van der Waals surface area (Å²) in [7, 11) is 2.78.